The maximum atomic E-state index is 13.3. The van der Waals surface area contributed by atoms with Gasteiger partial charge in [-0.3, -0.25) is 4.79 Å². The fourth-order valence-electron chi connectivity index (χ4n) is 2.71. The van der Waals surface area contributed by atoms with Gasteiger partial charge in [0.15, 0.2) is 0 Å². The van der Waals surface area contributed by atoms with Crippen LogP contribution in [0.15, 0.2) is 54.6 Å². The lowest BCUT2D eigenvalue weighted by Crippen LogP contribution is -2.33. The van der Waals surface area contributed by atoms with E-state index in [-0.39, 0.29) is 11.7 Å². The zero-order chi connectivity index (χ0) is 15.4. The molecule has 1 amide bonds. The van der Waals surface area contributed by atoms with Gasteiger partial charge in [-0.25, -0.2) is 4.39 Å². The van der Waals surface area contributed by atoms with Crippen LogP contribution in [-0.2, 0) is 0 Å². The van der Waals surface area contributed by atoms with Gasteiger partial charge in [-0.1, -0.05) is 36.4 Å². The molecular weight excluding hydrogens is 297 g/mol. The van der Waals surface area contributed by atoms with Crippen LogP contribution in [0.3, 0.4) is 0 Å². The smallest absolute Gasteiger partial charge is 0.253 e. The van der Waals surface area contributed by atoms with Gasteiger partial charge >= 0.3 is 0 Å². The number of thioether (sulfide) groups is 1. The number of carbonyl (C=O) groups excluding carboxylic acids is 1. The molecule has 1 unspecified atom stereocenters. The summed E-state index contributed by atoms with van der Waals surface area (Å²) >= 11 is 1.89. The third kappa shape index (κ3) is 3.50. The predicted octanol–water partition coefficient (Wildman–Crippen LogP) is 4.15. The molecule has 2 nitrogen and oxygen atoms in total. The van der Waals surface area contributed by atoms with Crippen LogP contribution in [0.2, 0.25) is 0 Å². The van der Waals surface area contributed by atoms with E-state index in [1.165, 1.54) is 17.7 Å². The molecule has 1 heterocycles. The van der Waals surface area contributed by atoms with Crippen LogP contribution in [0.25, 0.3) is 0 Å². The average Bonchev–Trinajstić information content (AvgIpc) is 2.81. The molecule has 1 saturated heterocycles. The normalized spacial score (nSPS) is 18.8. The van der Waals surface area contributed by atoms with Crippen molar-refractivity contribution in [3.05, 3.63) is 71.5 Å². The molecule has 1 atom stereocenters. The van der Waals surface area contributed by atoms with Crippen LogP contribution in [-0.4, -0.2) is 29.6 Å². The maximum Gasteiger partial charge on any atom is 0.253 e. The van der Waals surface area contributed by atoms with Gasteiger partial charge in [0.1, 0.15) is 5.82 Å². The van der Waals surface area contributed by atoms with Gasteiger partial charge in [-0.2, -0.15) is 11.8 Å². The molecule has 0 radical (unpaired) electrons. The lowest BCUT2D eigenvalue weighted by Gasteiger charge is -2.20. The number of rotatable bonds is 2. The Hall–Kier alpha value is -1.81. The lowest BCUT2D eigenvalue weighted by molar-refractivity contribution is 0.0766. The minimum atomic E-state index is -0.364. The van der Waals surface area contributed by atoms with Gasteiger partial charge < -0.3 is 4.90 Å². The van der Waals surface area contributed by atoms with Crippen molar-refractivity contribution in [2.24, 2.45) is 0 Å². The van der Waals surface area contributed by atoms with Crippen molar-refractivity contribution in [2.45, 2.75) is 11.7 Å². The summed E-state index contributed by atoms with van der Waals surface area (Å²) in [7, 11) is 0. The monoisotopic (exact) mass is 315 g/mol. The van der Waals surface area contributed by atoms with E-state index in [0.29, 0.717) is 23.9 Å². The third-order valence-corrected chi connectivity index (χ3v) is 5.20. The second-order valence-corrected chi connectivity index (χ2v) is 6.67. The number of halogens is 1. The van der Waals surface area contributed by atoms with Gasteiger partial charge in [0, 0.05) is 29.7 Å². The highest BCUT2D eigenvalue weighted by atomic mass is 32.2. The summed E-state index contributed by atoms with van der Waals surface area (Å²) < 4.78 is 13.3. The molecule has 2 aromatic rings. The zero-order valence-electron chi connectivity index (χ0n) is 12.2. The molecule has 0 bridgehead atoms. The van der Waals surface area contributed by atoms with Crippen molar-refractivity contribution < 1.29 is 9.18 Å². The molecule has 2 aromatic carbocycles. The molecule has 0 aliphatic carbocycles. The van der Waals surface area contributed by atoms with E-state index < -0.39 is 0 Å². The topological polar surface area (TPSA) is 20.3 Å². The van der Waals surface area contributed by atoms with Crippen molar-refractivity contribution in [3.63, 3.8) is 0 Å². The first kappa shape index (κ1) is 15.1. The Bertz CT molecular complexity index is 647. The van der Waals surface area contributed by atoms with Crippen molar-refractivity contribution in [1.29, 1.82) is 0 Å². The number of amides is 1. The van der Waals surface area contributed by atoms with Crippen LogP contribution >= 0.6 is 11.8 Å². The number of nitrogens with zero attached hydrogens (tertiary/aromatic N) is 1. The molecule has 114 valence electrons. The first-order valence-corrected chi connectivity index (χ1v) is 8.50. The van der Waals surface area contributed by atoms with E-state index >= 15 is 0 Å². The Morgan fingerprint density at radius 1 is 1.09 bits per heavy atom. The molecule has 1 aliphatic heterocycles. The Balaban J connectivity index is 1.69. The molecule has 0 spiro atoms. The molecular formula is C18H18FNOS. The van der Waals surface area contributed by atoms with Crippen LogP contribution in [0.4, 0.5) is 4.39 Å². The van der Waals surface area contributed by atoms with Crippen molar-refractivity contribution >= 4 is 17.7 Å². The molecule has 1 aliphatic rings. The average molecular weight is 315 g/mol. The number of hydrogen-bond donors (Lipinski definition) is 0. The van der Waals surface area contributed by atoms with Crippen LogP contribution in [0.5, 0.6) is 0 Å². The maximum absolute atomic E-state index is 13.3. The molecule has 1 fully saturated rings. The highest BCUT2D eigenvalue weighted by Gasteiger charge is 2.22. The molecule has 4 heteroatoms. The second-order valence-electron chi connectivity index (χ2n) is 5.36. The van der Waals surface area contributed by atoms with Gasteiger partial charge in [0.05, 0.1) is 0 Å². The quantitative estimate of drug-likeness (QED) is 0.830. The van der Waals surface area contributed by atoms with Crippen LogP contribution in [0.1, 0.15) is 27.6 Å². The first-order valence-electron chi connectivity index (χ1n) is 7.45. The summed E-state index contributed by atoms with van der Waals surface area (Å²) in [5.74, 6) is 0.465. The Morgan fingerprint density at radius 2 is 1.91 bits per heavy atom. The van der Waals surface area contributed by atoms with E-state index in [4.69, 9.17) is 0 Å². The Morgan fingerprint density at radius 3 is 2.68 bits per heavy atom. The zero-order valence-corrected chi connectivity index (χ0v) is 13.1. The van der Waals surface area contributed by atoms with E-state index in [0.717, 1.165) is 12.2 Å². The molecule has 22 heavy (non-hydrogen) atoms. The SMILES string of the molecule is O=C(c1cccc(F)c1)N1CCSC(c2ccccc2)CC1. The second kappa shape index (κ2) is 6.97. The number of hydrogen-bond acceptors (Lipinski definition) is 2. The van der Waals surface area contributed by atoms with Crippen molar-refractivity contribution in [2.75, 3.05) is 18.8 Å². The van der Waals surface area contributed by atoms with Crippen LogP contribution in [0, 0.1) is 5.82 Å². The van der Waals surface area contributed by atoms with Crippen LogP contribution < -0.4 is 0 Å². The lowest BCUT2D eigenvalue weighted by atomic mass is 10.1. The predicted molar refractivity (Wildman–Crippen MR) is 88.6 cm³/mol. The molecule has 3 rings (SSSR count). The van der Waals surface area contributed by atoms with E-state index in [1.54, 1.807) is 12.1 Å². The molecule has 0 N–H and O–H groups in total. The molecule has 0 saturated carbocycles. The summed E-state index contributed by atoms with van der Waals surface area (Å²) in [6.45, 7) is 1.42. The number of carbonyl (C=O) groups is 1. The molecule has 0 aromatic heterocycles. The van der Waals surface area contributed by atoms with E-state index in [1.807, 2.05) is 22.7 Å². The number of benzene rings is 2. The highest BCUT2D eigenvalue weighted by molar-refractivity contribution is 7.99. The summed E-state index contributed by atoms with van der Waals surface area (Å²) in [5.41, 5.74) is 1.75. The van der Waals surface area contributed by atoms with Gasteiger partial charge in [-0.05, 0) is 30.2 Å². The first-order chi connectivity index (χ1) is 10.7. The minimum absolute atomic E-state index is 0.0752. The van der Waals surface area contributed by atoms with Gasteiger partial charge in [0.2, 0.25) is 0 Å². The third-order valence-electron chi connectivity index (χ3n) is 3.87. The Labute approximate surface area is 134 Å². The summed E-state index contributed by atoms with van der Waals surface area (Å²) in [4.78, 5) is 14.3. The van der Waals surface area contributed by atoms with Gasteiger partial charge in [0.25, 0.3) is 5.91 Å². The minimum Gasteiger partial charge on any atom is -0.338 e. The fourth-order valence-corrected chi connectivity index (χ4v) is 3.94. The summed E-state index contributed by atoms with van der Waals surface area (Å²) in [5, 5.41) is 0.423. The largest absolute Gasteiger partial charge is 0.338 e. The van der Waals surface area contributed by atoms with Crippen molar-refractivity contribution in [1.82, 2.24) is 4.90 Å². The fraction of sp³-hybridized carbons (Fsp3) is 0.278. The Kier molecular flexibility index (Phi) is 4.78. The van der Waals surface area contributed by atoms with Gasteiger partial charge in [-0.15, -0.1) is 0 Å². The summed E-state index contributed by atoms with van der Waals surface area (Å²) in [6, 6.07) is 16.3. The van der Waals surface area contributed by atoms with E-state index in [9.17, 15) is 9.18 Å². The van der Waals surface area contributed by atoms with E-state index in [2.05, 4.69) is 24.3 Å². The summed E-state index contributed by atoms with van der Waals surface area (Å²) in [6.07, 6.45) is 0.926. The highest BCUT2D eigenvalue weighted by Crippen LogP contribution is 2.34. The van der Waals surface area contributed by atoms with Crippen molar-refractivity contribution in [3.8, 4) is 0 Å². The standard InChI is InChI=1S/C18H18FNOS/c19-16-8-4-7-15(13-16)18(21)20-10-9-17(22-12-11-20)14-5-2-1-3-6-14/h1-8,13,17H,9-12H2.